The van der Waals surface area contributed by atoms with Gasteiger partial charge < -0.3 is 9.64 Å². The van der Waals surface area contributed by atoms with Gasteiger partial charge in [-0.3, -0.25) is 19.5 Å². The second-order valence-corrected chi connectivity index (χ2v) is 9.92. The van der Waals surface area contributed by atoms with Crippen molar-refractivity contribution in [3.05, 3.63) is 95.4 Å². The van der Waals surface area contributed by atoms with Crippen molar-refractivity contribution in [1.82, 2.24) is 14.5 Å². The molecule has 8 heteroatoms. The molecule has 1 aromatic heterocycles. The van der Waals surface area contributed by atoms with Crippen molar-refractivity contribution in [1.29, 1.82) is 0 Å². The Morgan fingerprint density at radius 3 is 2.38 bits per heavy atom. The van der Waals surface area contributed by atoms with E-state index in [9.17, 15) is 14.0 Å². The number of amides is 2. The Hall–Kier alpha value is -4.46. The third-order valence-corrected chi connectivity index (χ3v) is 6.42. The second-order valence-electron chi connectivity index (χ2n) is 9.92. The second kappa shape index (κ2) is 11.9. The van der Waals surface area contributed by atoms with Crippen LogP contribution in [0, 0.1) is 25.6 Å². The number of carbonyl (C=O) groups excluding carboxylic acids is 2. The molecule has 0 fully saturated rings. The molecule has 0 atom stereocenters. The summed E-state index contributed by atoms with van der Waals surface area (Å²) in [6, 6.07) is 19.3. The summed E-state index contributed by atoms with van der Waals surface area (Å²) in [7, 11) is 1.61. The van der Waals surface area contributed by atoms with Crippen LogP contribution in [0.2, 0.25) is 0 Å². The molecule has 0 bridgehead atoms. The third-order valence-electron chi connectivity index (χ3n) is 6.42. The van der Waals surface area contributed by atoms with Gasteiger partial charge in [-0.15, -0.1) is 0 Å². The van der Waals surface area contributed by atoms with Crippen LogP contribution < -0.4 is 10.1 Å². The highest BCUT2D eigenvalue weighted by atomic mass is 19.1. The topological polar surface area (TPSA) is 76.5 Å². The van der Waals surface area contributed by atoms with Crippen molar-refractivity contribution in [3.63, 3.8) is 0 Å². The highest BCUT2D eigenvalue weighted by Crippen LogP contribution is 2.27. The van der Waals surface area contributed by atoms with Crippen LogP contribution in [-0.2, 0) is 4.79 Å². The number of anilines is 1. The predicted molar refractivity (Wildman–Crippen MR) is 151 cm³/mol. The number of ether oxygens (including phenoxy) is 1. The normalized spacial score (nSPS) is 10.9. The summed E-state index contributed by atoms with van der Waals surface area (Å²) in [6.45, 7) is 7.98. The number of benzene rings is 3. The van der Waals surface area contributed by atoms with Gasteiger partial charge in [0.05, 0.1) is 18.4 Å². The molecular formula is C31H33FN4O3. The summed E-state index contributed by atoms with van der Waals surface area (Å²) in [5.74, 6) is -0.466. The Balaban J connectivity index is 1.65. The molecule has 0 saturated heterocycles. The van der Waals surface area contributed by atoms with Crippen molar-refractivity contribution in [3.8, 4) is 22.7 Å². The number of hydrogen-bond acceptors (Lipinski definition) is 4. The molecule has 2 amide bonds. The van der Waals surface area contributed by atoms with Crippen molar-refractivity contribution in [2.75, 3.05) is 25.5 Å². The Kier molecular flexibility index (Phi) is 8.44. The van der Waals surface area contributed by atoms with Gasteiger partial charge >= 0.3 is 0 Å². The van der Waals surface area contributed by atoms with Crippen LogP contribution in [0.25, 0.3) is 16.9 Å². The zero-order chi connectivity index (χ0) is 28.1. The lowest BCUT2D eigenvalue weighted by Crippen LogP contribution is -2.40. The molecule has 0 saturated carbocycles. The molecule has 7 nitrogen and oxygen atoms in total. The first-order chi connectivity index (χ1) is 18.7. The van der Waals surface area contributed by atoms with Gasteiger partial charge in [-0.1, -0.05) is 32.0 Å². The molecule has 4 rings (SSSR count). The summed E-state index contributed by atoms with van der Waals surface area (Å²) < 4.78 is 21.4. The van der Waals surface area contributed by atoms with E-state index in [2.05, 4.69) is 5.32 Å². The quantitative estimate of drug-likeness (QED) is 0.287. The number of rotatable bonds is 9. The van der Waals surface area contributed by atoms with Crippen LogP contribution in [-0.4, -0.2) is 46.5 Å². The Bertz CT molecular complexity index is 1480. The van der Waals surface area contributed by atoms with E-state index < -0.39 is 17.6 Å². The average molecular weight is 529 g/mol. The number of halogens is 1. The molecule has 39 heavy (non-hydrogen) atoms. The predicted octanol–water partition coefficient (Wildman–Crippen LogP) is 6.04. The molecule has 0 spiro atoms. The van der Waals surface area contributed by atoms with Gasteiger partial charge in [0.15, 0.2) is 0 Å². The Labute approximate surface area is 228 Å². The summed E-state index contributed by atoms with van der Waals surface area (Å²) in [6.07, 6.45) is 1.86. The van der Waals surface area contributed by atoms with Crippen molar-refractivity contribution in [2.24, 2.45) is 5.92 Å². The maximum absolute atomic E-state index is 14.4. The molecule has 0 aliphatic carbocycles. The van der Waals surface area contributed by atoms with E-state index in [0.29, 0.717) is 18.2 Å². The number of carbonyl (C=O) groups is 2. The van der Waals surface area contributed by atoms with Crippen LogP contribution in [0.1, 0.15) is 35.3 Å². The van der Waals surface area contributed by atoms with Gasteiger partial charge in [-0.25, -0.2) is 9.37 Å². The average Bonchev–Trinajstić information content (AvgIpc) is 3.33. The molecule has 3 aromatic carbocycles. The summed E-state index contributed by atoms with van der Waals surface area (Å²) in [5, 5.41) is 2.88. The van der Waals surface area contributed by atoms with Gasteiger partial charge in [0.1, 0.15) is 18.1 Å². The van der Waals surface area contributed by atoms with Gasteiger partial charge in [-0.05, 0) is 79.4 Å². The molecule has 4 aromatic rings. The highest BCUT2D eigenvalue weighted by molar-refractivity contribution is 5.99. The number of imidazole rings is 1. The van der Waals surface area contributed by atoms with Crippen molar-refractivity contribution in [2.45, 2.75) is 27.7 Å². The molecule has 1 N–H and O–H groups in total. The van der Waals surface area contributed by atoms with E-state index in [1.807, 2.05) is 80.9 Å². The lowest BCUT2D eigenvalue weighted by molar-refractivity contribution is -0.117. The zero-order valence-corrected chi connectivity index (χ0v) is 22.9. The molecular weight excluding hydrogens is 495 g/mol. The van der Waals surface area contributed by atoms with Crippen molar-refractivity contribution >= 4 is 17.8 Å². The molecule has 0 unspecified atom stereocenters. The monoisotopic (exact) mass is 528 g/mol. The number of methoxy groups -OCH3 is 1. The first-order valence-electron chi connectivity index (χ1n) is 12.8. The summed E-state index contributed by atoms with van der Waals surface area (Å²) in [4.78, 5) is 32.5. The first kappa shape index (κ1) is 27.6. The fourth-order valence-corrected chi connectivity index (χ4v) is 4.24. The van der Waals surface area contributed by atoms with E-state index in [1.165, 1.54) is 23.1 Å². The zero-order valence-electron chi connectivity index (χ0n) is 22.9. The van der Waals surface area contributed by atoms with E-state index in [0.717, 1.165) is 28.1 Å². The Morgan fingerprint density at radius 2 is 1.74 bits per heavy atom. The molecule has 0 aliphatic heterocycles. The summed E-state index contributed by atoms with van der Waals surface area (Å²) in [5.41, 5.74) is 4.53. The SMILES string of the molecule is COc1ccc(-c2cn(-c3ccc(C)c(C)c3)c(NC(=O)CN(CC(C)C)C(=O)c3ccccc3F)n2)cc1. The first-order valence-corrected chi connectivity index (χ1v) is 12.8. The lowest BCUT2D eigenvalue weighted by atomic mass is 10.1. The minimum Gasteiger partial charge on any atom is -0.497 e. The van der Waals surface area contributed by atoms with E-state index in [4.69, 9.17) is 9.72 Å². The van der Waals surface area contributed by atoms with Gasteiger partial charge in [0.25, 0.3) is 5.91 Å². The fraction of sp³-hybridized carbons (Fsp3) is 0.258. The van der Waals surface area contributed by atoms with Gasteiger partial charge in [0, 0.05) is 24.0 Å². The van der Waals surface area contributed by atoms with Crippen LogP contribution in [0.4, 0.5) is 10.3 Å². The molecule has 0 radical (unpaired) electrons. The number of nitrogens with zero attached hydrogens (tertiary/aromatic N) is 3. The van der Waals surface area contributed by atoms with E-state index >= 15 is 0 Å². The van der Waals surface area contributed by atoms with Crippen LogP contribution >= 0.6 is 0 Å². The van der Waals surface area contributed by atoms with Crippen LogP contribution in [0.15, 0.2) is 72.9 Å². The number of hydrogen-bond donors (Lipinski definition) is 1. The van der Waals surface area contributed by atoms with Gasteiger partial charge in [-0.2, -0.15) is 0 Å². The third kappa shape index (κ3) is 6.52. The Morgan fingerprint density at radius 1 is 1.03 bits per heavy atom. The number of aryl methyl sites for hydroxylation is 2. The van der Waals surface area contributed by atoms with E-state index in [1.54, 1.807) is 13.2 Å². The van der Waals surface area contributed by atoms with Crippen LogP contribution in [0.5, 0.6) is 5.75 Å². The molecule has 0 aliphatic rings. The maximum atomic E-state index is 14.4. The molecule has 202 valence electrons. The smallest absolute Gasteiger partial charge is 0.257 e. The maximum Gasteiger partial charge on any atom is 0.257 e. The summed E-state index contributed by atoms with van der Waals surface area (Å²) >= 11 is 0. The minimum absolute atomic E-state index is 0.0654. The van der Waals surface area contributed by atoms with Crippen LogP contribution in [0.3, 0.4) is 0 Å². The highest BCUT2D eigenvalue weighted by Gasteiger charge is 2.23. The fourth-order valence-electron chi connectivity index (χ4n) is 4.24. The standard InChI is InChI=1S/C31H33FN4O3/c1-20(2)17-35(30(38)26-8-6-7-9-27(26)32)19-29(37)34-31-33-28(23-11-14-25(39-5)15-12-23)18-36(31)24-13-10-21(3)22(4)16-24/h6-16,18,20H,17,19H2,1-5H3,(H,33,34,37). The van der Waals surface area contributed by atoms with Crippen molar-refractivity contribution < 1.29 is 18.7 Å². The number of nitrogens with one attached hydrogen (secondary N) is 1. The van der Waals surface area contributed by atoms with Gasteiger partial charge in [0.2, 0.25) is 11.9 Å². The molecule has 1 heterocycles. The largest absolute Gasteiger partial charge is 0.497 e. The number of aromatic nitrogens is 2. The minimum atomic E-state index is -0.619. The lowest BCUT2D eigenvalue weighted by Gasteiger charge is -2.24. The van der Waals surface area contributed by atoms with E-state index in [-0.39, 0.29) is 18.0 Å².